The Hall–Kier alpha value is -3.86. The summed E-state index contributed by atoms with van der Waals surface area (Å²) in [7, 11) is 0. The molecular weight excluding hydrogens is 458 g/mol. The van der Waals surface area contributed by atoms with Gasteiger partial charge >= 0.3 is 0 Å². The zero-order valence-corrected chi connectivity index (χ0v) is 21.4. The first-order valence-electron chi connectivity index (χ1n) is 13.2. The zero-order valence-electron chi connectivity index (χ0n) is 21.4. The van der Waals surface area contributed by atoms with Crippen LogP contribution < -0.4 is 4.74 Å². The molecule has 1 saturated carbocycles. The van der Waals surface area contributed by atoms with E-state index in [-0.39, 0.29) is 11.4 Å². The van der Waals surface area contributed by atoms with E-state index in [0.29, 0.717) is 34.5 Å². The first-order valence-corrected chi connectivity index (χ1v) is 13.2. The van der Waals surface area contributed by atoms with E-state index in [2.05, 4.69) is 44.0 Å². The Labute approximate surface area is 215 Å². The lowest BCUT2D eigenvalue weighted by Gasteiger charge is -2.49. The number of carbonyl (C=O) groups is 1. The molecule has 1 aliphatic heterocycles. The Kier molecular flexibility index (Phi) is 4.87. The van der Waals surface area contributed by atoms with Crippen LogP contribution in [0.5, 0.6) is 5.75 Å². The molecule has 5 heteroatoms. The number of ketones is 1. The lowest BCUT2D eigenvalue weighted by Crippen LogP contribution is -2.46. The molecule has 5 nitrogen and oxygen atoms in total. The average molecular weight is 488 g/mol. The molecular formula is C32H29N3O2. The second kappa shape index (κ2) is 8.07. The van der Waals surface area contributed by atoms with Crippen molar-refractivity contribution in [3.8, 4) is 5.75 Å². The van der Waals surface area contributed by atoms with Gasteiger partial charge in [-0.2, -0.15) is 0 Å². The van der Waals surface area contributed by atoms with Gasteiger partial charge in [0.25, 0.3) is 0 Å². The second-order valence-corrected chi connectivity index (χ2v) is 11.3. The van der Waals surface area contributed by atoms with Gasteiger partial charge in [0.15, 0.2) is 0 Å². The van der Waals surface area contributed by atoms with Gasteiger partial charge in [-0.15, -0.1) is 0 Å². The van der Waals surface area contributed by atoms with Crippen molar-refractivity contribution in [1.82, 2.24) is 15.0 Å². The summed E-state index contributed by atoms with van der Waals surface area (Å²) < 4.78 is 6.84. The van der Waals surface area contributed by atoms with Gasteiger partial charge in [-0.1, -0.05) is 43.7 Å². The van der Waals surface area contributed by atoms with Crippen molar-refractivity contribution in [3.05, 3.63) is 83.7 Å². The fourth-order valence-corrected chi connectivity index (χ4v) is 6.68. The number of hydrogen-bond donors (Lipinski definition) is 0. The van der Waals surface area contributed by atoms with E-state index in [4.69, 9.17) is 14.7 Å². The van der Waals surface area contributed by atoms with Crippen molar-refractivity contribution in [2.45, 2.75) is 51.6 Å². The predicted molar refractivity (Wildman–Crippen MR) is 146 cm³/mol. The predicted octanol–water partition coefficient (Wildman–Crippen LogP) is 7.25. The number of aromatic nitrogens is 3. The first kappa shape index (κ1) is 22.3. The van der Waals surface area contributed by atoms with Gasteiger partial charge < -0.3 is 4.74 Å². The quantitative estimate of drug-likeness (QED) is 0.149. The van der Waals surface area contributed by atoms with Crippen LogP contribution in [0.15, 0.2) is 66.9 Å². The molecule has 0 bridgehead atoms. The minimum absolute atomic E-state index is 0.116. The van der Waals surface area contributed by atoms with Crippen molar-refractivity contribution in [2.75, 3.05) is 0 Å². The smallest absolute Gasteiger partial charge is 0.211 e. The molecule has 1 fully saturated rings. The van der Waals surface area contributed by atoms with E-state index in [9.17, 15) is 4.79 Å². The van der Waals surface area contributed by atoms with E-state index in [0.717, 1.165) is 45.9 Å². The molecule has 37 heavy (non-hydrogen) atoms. The topological polar surface area (TPSA) is 65.0 Å². The summed E-state index contributed by atoms with van der Waals surface area (Å²) in [4.78, 5) is 27.7. The molecule has 3 unspecified atom stereocenters. The third-order valence-electron chi connectivity index (χ3n) is 8.49. The lowest BCUT2D eigenvalue weighted by molar-refractivity contribution is -0.0115. The molecule has 0 N–H and O–H groups in total. The van der Waals surface area contributed by atoms with Crippen LogP contribution in [0.4, 0.5) is 0 Å². The van der Waals surface area contributed by atoms with Crippen molar-refractivity contribution in [3.63, 3.8) is 0 Å². The van der Waals surface area contributed by atoms with Crippen LogP contribution in [0.2, 0.25) is 0 Å². The number of rotatable bonds is 2. The van der Waals surface area contributed by atoms with Crippen molar-refractivity contribution >= 4 is 38.6 Å². The van der Waals surface area contributed by atoms with Crippen LogP contribution in [0.25, 0.3) is 32.8 Å². The molecule has 2 aromatic heterocycles. The average Bonchev–Trinajstić information content (AvgIpc) is 2.91. The number of ether oxygens (including phenoxy) is 1. The molecule has 5 aromatic rings. The number of carbonyl (C=O) groups excluding carboxylic acids is 1. The fourth-order valence-electron chi connectivity index (χ4n) is 6.68. The summed E-state index contributed by atoms with van der Waals surface area (Å²) in [5.74, 6) is 2.34. The van der Waals surface area contributed by atoms with E-state index in [1.807, 2.05) is 36.4 Å². The van der Waals surface area contributed by atoms with Gasteiger partial charge in [-0.05, 0) is 68.9 Å². The van der Waals surface area contributed by atoms with E-state index >= 15 is 0 Å². The van der Waals surface area contributed by atoms with Crippen molar-refractivity contribution in [2.24, 2.45) is 11.8 Å². The SMILES string of the molecule is CC1CCC2C(C1)c1c(c3ccccc3c3nc4cc(C(=O)c5ccccn5)ccc4nc13)OC2(C)C. The summed E-state index contributed by atoms with van der Waals surface area (Å²) >= 11 is 0. The normalized spacial score (nSPS) is 22.4. The highest BCUT2D eigenvalue weighted by atomic mass is 16.5. The van der Waals surface area contributed by atoms with Gasteiger partial charge in [-0.25, -0.2) is 9.97 Å². The van der Waals surface area contributed by atoms with Gasteiger partial charge in [0.05, 0.1) is 22.1 Å². The Balaban J connectivity index is 1.50. The lowest BCUT2D eigenvalue weighted by atomic mass is 9.64. The molecule has 3 atom stereocenters. The molecule has 0 spiro atoms. The van der Waals surface area contributed by atoms with Crippen molar-refractivity contribution in [1.29, 1.82) is 0 Å². The third-order valence-corrected chi connectivity index (χ3v) is 8.49. The summed E-state index contributed by atoms with van der Waals surface area (Å²) in [6.45, 7) is 6.85. The van der Waals surface area contributed by atoms with Crippen molar-refractivity contribution < 1.29 is 9.53 Å². The van der Waals surface area contributed by atoms with Crippen LogP contribution in [0, 0.1) is 11.8 Å². The molecule has 0 amide bonds. The Morgan fingerprint density at radius 2 is 1.70 bits per heavy atom. The highest BCUT2D eigenvalue weighted by Gasteiger charge is 2.47. The van der Waals surface area contributed by atoms with E-state index in [1.165, 1.54) is 12.0 Å². The maximum atomic E-state index is 13.1. The molecule has 1 aliphatic carbocycles. The molecule has 2 aliphatic rings. The highest BCUT2D eigenvalue weighted by Crippen LogP contribution is 2.56. The molecule has 0 radical (unpaired) electrons. The number of fused-ring (bicyclic) bond motifs is 9. The minimum atomic E-state index is -0.237. The highest BCUT2D eigenvalue weighted by molar-refractivity contribution is 6.12. The fraction of sp³-hybridized carbons (Fsp3) is 0.312. The van der Waals surface area contributed by atoms with Gasteiger partial charge in [0, 0.05) is 34.0 Å². The maximum absolute atomic E-state index is 13.1. The largest absolute Gasteiger partial charge is 0.487 e. The minimum Gasteiger partial charge on any atom is -0.487 e. The van der Waals surface area contributed by atoms with Crippen LogP contribution in [-0.4, -0.2) is 26.3 Å². The molecule has 7 rings (SSSR count). The number of nitrogens with zero attached hydrogens (tertiary/aromatic N) is 3. The first-order chi connectivity index (χ1) is 17.9. The molecule has 3 heterocycles. The molecule has 0 saturated heterocycles. The van der Waals surface area contributed by atoms with Crippen LogP contribution in [0.1, 0.15) is 67.6 Å². The third kappa shape index (κ3) is 3.44. The number of hydrogen-bond acceptors (Lipinski definition) is 5. The summed E-state index contributed by atoms with van der Waals surface area (Å²) in [5, 5.41) is 2.12. The Bertz CT molecular complexity index is 1710. The molecule has 184 valence electrons. The number of benzene rings is 3. The summed E-state index contributed by atoms with van der Waals surface area (Å²) in [5.41, 5.74) is 5.28. The van der Waals surface area contributed by atoms with Gasteiger partial charge in [-0.3, -0.25) is 9.78 Å². The maximum Gasteiger partial charge on any atom is 0.211 e. The van der Waals surface area contributed by atoms with Crippen LogP contribution in [-0.2, 0) is 0 Å². The molecule has 3 aromatic carbocycles. The Morgan fingerprint density at radius 1 is 0.919 bits per heavy atom. The number of pyridine rings is 1. The van der Waals surface area contributed by atoms with Gasteiger partial charge in [0.2, 0.25) is 5.78 Å². The van der Waals surface area contributed by atoms with E-state index in [1.54, 1.807) is 12.3 Å². The van der Waals surface area contributed by atoms with Crippen LogP contribution >= 0.6 is 0 Å². The van der Waals surface area contributed by atoms with Gasteiger partial charge in [0.1, 0.15) is 17.0 Å². The zero-order chi connectivity index (χ0) is 25.3. The summed E-state index contributed by atoms with van der Waals surface area (Å²) in [6, 6.07) is 19.3. The Morgan fingerprint density at radius 3 is 2.51 bits per heavy atom. The monoisotopic (exact) mass is 487 g/mol. The second-order valence-electron chi connectivity index (χ2n) is 11.3. The van der Waals surface area contributed by atoms with E-state index < -0.39 is 0 Å². The summed E-state index contributed by atoms with van der Waals surface area (Å²) in [6.07, 6.45) is 5.16. The van der Waals surface area contributed by atoms with Crippen LogP contribution in [0.3, 0.4) is 0 Å². The standard InChI is InChI=1S/C32H29N3O2/c1-18-11-13-23-22(16-18)27-29-28(20-8-4-5-9-21(20)31(27)37-32(23,2)3)35-26-17-19(12-14-24(26)34-29)30(36)25-10-6-7-15-33-25/h4-10,12,14-15,17-18,22-23H,11,13,16H2,1-3H3.